The highest BCUT2D eigenvalue weighted by Crippen LogP contribution is 2.22. The molecular formula is C19H19ClN4O2S. The van der Waals surface area contributed by atoms with Gasteiger partial charge < -0.3 is 15.5 Å². The Kier molecular flexibility index (Phi) is 5.93. The minimum Gasteiger partial charge on any atom is -0.384 e. The van der Waals surface area contributed by atoms with Crippen LogP contribution in [0.4, 0.5) is 0 Å². The molecule has 6 nitrogen and oxygen atoms in total. The van der Waals surface area contributed by atoms with E-state index in [1.54, 1.807) is 34.1 Å². The van der Waals surface area contributed by atoms with Gasteiger partial charge in [0.25, 0.3) is 0 Å². The molecule has 0 spiro atoms. The number of nitrogens with two attached hydrogens (primary N) is 1. The van der Waals surface area contributed by atoms with Gasteiger partial charge in [0.1, 0.15) is 12.4 Å². The fourth-order valence-corrected chi connectivity index (χ4v) is 3.71. The smallest absolute Gasteiger partial charge is 0.247 e. The van der Waals surface area contributed by atoms with Crippen molar-refractivity contribution < 1.29 is 9.59 Å². The highest BCUT2D eigenvalue weighted by Gasteiger charge is 2.26. The number of hydrogen-bond donors (Lipinski definition) is 2. The summed E-state index contributed by atoms with van der Waals surface area (Å²) in [6.07, 6.45) is 3.19. The van der Waals surface area contributed by atoms with Gasteiger partial charge >= 0.3 is 0 Å². The summed E-state index contributed by atoms with van der Waals surface area (Å²) in [4.78, 5) is 28.9. The Morgan fingerprint density at radius 3 is 2.56 bits per heavy atom. The van der Waals surface area contributed by atoms with Crippen molar-refractivity contribution in [3.63, 3.8) is 0 Å². The number of halogens is 1. The topological polar surface area (TPSA) is 90.5 Å². The van der Waals surface area contributed by atoms with Gasteiger partial charge in [-0.2, -0.15) is 0 Å². The second-order valence-electron chi connectivity index (χ2n) is 6.16. The molecule has 2 heterocycles. The van der Waals surface area contributed by atoms with Crippen molar-refractivity contribution >= 4 is 46.7 Å². The van der Waals surface area contributed by atoms with E-state index in [-0.39, 0.29) is 24.2 Å². The number of nitrogen functional groups attached to an aromatic ring is 1. The number of amidine groups is 1. The number of hydrogen-bond acceptors (Lipinski definition) is 4. The molecule has 0 radical (unpaired) electrons. The van der Waals surface area contributed by atoms with Crippen molar-refractivity contribution in [2.24, 2.45) is 5.73 Å². The standard InChI is InChI=1S/C19H19ClN4O2S/c20-16-7-5-15(27-16)6-8-17(25)24-10-9-23(18(26)12-24)11-13-1-3-14(4-2-13)19(21)22/h1-8H,9-12H2,(H3,21,22). The molecule has 1 aliphatic heterocycles. The van der Waals surface area contributed by atoms with Gasteiger partial charge in [0.15, 0.2) is 0 Å². The first-order chi connectivity index (χ1) is 12.9. The predicted molar refractivity (Wildman–Crippen MR) is 108 cm³/mol. The zero-order valence-corrected chi connectivity index (χ0v) is 16.1. The lowest BCUT2D eigenvalue weighted by molar-refractivity contribution is -0.143. The first-order valence-corrected chi connectivity index (χ1v) is 9.55. The van der Waals surface area contributed by atoms with Gasteiger partial charge in [-0.05, 0) is 23.8 Å². The minimum absolute atomic E-state index is 0.0163. The van der Waals surface area contributed by atoms with Crippen LogP contribution in [0.15, 0.2) is 42.5 Å². The molecule has 1 aromatic carbocycles. The molecule has 27 heavy (non-hydrogen) atoms. The number of rotatable bonds is 5. The minimum atomic E-state index is -0.182. The maximum Gasteiger partial charge on any atom is 0.247 e. The summed E-state index contributed by atoms with van der Waals surface area (Å²) < 4.78 is 0.669. The van der Waals surface area contributed by atoms with Crippen LogP contribution in [0.2, 0.25) is 4.34 Å². The maximum atomic E-state index is 12.4. The Morgan fingerprint density at radius 1 is 1.22 bits per heavy atom. The monoisotopic (exact) mass is 402 g/mol. The van der Waals surface area contributed by atoms with E-state index in [0.717, 1.165) is 10.4 Å². The molecule has 0 bridgehead atoms. The molecule has 8 heteroatoms. The zero-order chi connectivity index (χ0) is 19.4. The second kappa shape index (κ2) is 8.37. The van der Waals surface area contributed by atoms with Crippen LogP contribution in [0.1, 0.15) is 16.0 Å². The van der Waals surface area contributed by atoms with E-state index in [2.05, 4.69) is 0 Å². The molecule has 3 rings (SSSR count). The molecular weight excluding hydrogens is 384 g/mol. The van der Waals surface area contributed by atoms with E-state index in [4.69, 9.17) is 22.7 Å². The zero-order valence-electron chi connectivity index (χ0n) is 14.5. The molecule has 1 aromatic heterocycles. The first kappa shape index (κ1) is 19.1. The molecule has 2 aromatic rings. The Morgan fingerprint density at radius 2 is 1.96 bits per heavy atom. The van der Waals surface area contributed by atoms with Gasteiger partial charge in [-0.15, -0.1) is 11.3 Å². The number of thiophene rings is 1. The average Bonchev–Trinajstić information content (AvgIpc) is 3.07. The van der Waals surface area contributed by atoms with Gasteiger partial charge in [-0.25, -0.2) is 0 Å². The summed E-state index contributed by atoms with van der Waals surface area (Å²) in [5, 5.41) is 7.41. The molecule has 1 aliphatic rings. The molecule has 140 valence electrons. The summed E-state index contributed by atoms with van der Waals surface area (Å²) in [5.41, 5.74) is 7.06. The van der Waals surface area contributed by atoms with Crippen molar-refractivity contribution in [1.29, 1.82) is 5.41 Å². The first-order valence-electron chi connectivity index (χ1n) is 8.36. The summed E-state index contributed by atoms with van der Waals surface area (Å²) in [5.74, 6) is -0.251. The highest BCUT2D eigenvalue weighted by molar-refractivity contribution is 7.17. The van der Waals surface area contributed by atoms with Crippen LogP contribution >= 0.6 is 22.9 Å². The van der Waals surface area contributed by atoms with Gasteiger partial charge in [-0.1, -0.05) is 35.9 Å². The number of nitrogens with zero attached hydrogens (tertiary/aromatic N) is 2. The van der Waals surface area contributed by atoms with Crippen LogP contribution in [0.3, 0.4) is 0 Å². The number of nitrogens with one attached hydrogen (secondary N) is 1. The molecule has 0 saturated carbocycles. The van der Waals surface area contributed by atoms with Crippen LogP contribution in [0.25, 0.3) is 6.08 Å². The lowest BCUT2D eigenvalue weighted by atomic mass is 10.1. The van der Waals surface area contributed by atoms with Gasteiger partial charge in [0.2, 0.25) is 11.8 Å². The molecule has 0 unspecified atom stereocenters. The van der Waals surface area contributed by atoms with Crippen LogP contribution < -0.4 is 5.73 Å². The van der Waals surface area contributed by atoms with Crippen LogP contribution in [-0.4, -0.2) is 47.1 Å². The molecule has 3 N–H and O–H groups in total. The predicted octanol–water partition coefficient (Wildman–Crippen LogP) is 2.57. The summed E-state index contributed by atoms with van der Waals surface area (Å²) in [7, 11) is 0. The van der Waals surface area contributed by atoms with Crippen LogP contribution in [0.5, 0.6) is 0 Å². The van der Waals surface area contributed by atoms with E-state index in [1.807, 2.05) is 18.2 Å². The number of amides is 2. The molecule has 2 amide bonds. The van der Waals surface area contributed by atoms with E-state index in [1.165, 1.54) is 17.4 Å². The average molecular weight is 403 g/mol. The quantitative estimate of drug-likeness (QED) is 0.457. The van der Waals surface area contributed by atoms with Crippen molar-refractivity contribution in [1.82, 2.24) is 9.80 Å². The Labute approximate surface area is 166 Å². The maximum absolute atomic E-state index is 12.4. The Balaban J connectivity index is 1.55. The largest absolute Gasteiger partial charge is 0.384 e. The summed E-state index contributed by atoms with van der Waals surface area (Å²) >= 11 is 7.27. The van der Waals surface area contributed by atoms with Gasteiger partial charge in [0.05, 0.1) is 4.34 Å². The highest BCUT2D eigenvalue weighted by atomic mass is 35.5. The van der Waals surface area contributed by atoms with Gasteiger partial charge in [0, 0.05) is 36.2 Å². The summed E-state index contributed by atoms with van der Waals surface area (Å²) in [6.45, 7) is 1.52. The summed E-state index contributed by atoms with van der Waals surface area (Å²) in [6, 6.07) is 10.9. The van der Waals surface area contributed by atoms with E-state index in [9.17, 15) is 9.59 Å². The van der Waals surface area contributed by atoms with E-state index in [0.29, 0.717) is 29.5 Å². The fourth-order valence-electron chi connectivity index (χ4n) is 2.75. The van der Waals surface area contributed by atoms with E-state index < -0.39 is 0 Å². The van der Waals surface area contributed by atoms with Crippen molar-refractivity contribution in [2.45, 2.75) is 6.54 Å². The van der Waals surface area contributed by atoms with E-state index >= 15 is 0 Å². The van der Waals surface area contributed by atoms with Gasteiger partial charge in [-0.3, -0.25) is 15.0 Å². The van der Waals surface area contributed by atoms with Crippen molar-refractivity contribution in [3.8, 4) is 0 Å². The van der Waals surface area contributed by atoms with Crippen LogP contribution in [0, 0.1) is 5.41 Å². The third-order valence-corrected chi connectivity index (χ3v) is 5.45. The molecule has 0 aliphatic carbocycles. The SMILES string of the molecule is N=C(N)c1ccc(CN2CCN(C(=O)C=Cc3ccc(Cl)s3)CC2=O)cc1. The number of piperazine rings is 1. The third-order valence-electron chi connectivity index (χ3n) is 4.25. The molecule has 1 saturated heterocycles. The molecule has 1 fully saturated rings. The normalized spacial score (nSPS) is 14.8. The molecule has 0 atom stereocenters. The number of carbonyl (C=O) groups excluding carboxylic acids is 2. The fraction of sp³-hybridized carbons (Fsp3) is 0.211. The van der Waals surface area contributed by atoms with Crippen LogP contribution in [-0.2, 0) is 16.1 Å². The van der Waals surface area contributed by atoms with Crippen molar-refractivity contribution in [2.75, 3.05) is 19.6 Å². The number of carbonyl (C=O) groups is 2. The Hall–Kier alpha value is -2.64. The third kappa shape index (κ3) is 4.96. The van der Waals surface area contributed by atoms with Crippen molar-refractivity contribution in [3.05, 3.63) is 62.8 Å². The lowest BCUT2D eigenvalue weighted by Crippen LogP contribution is -2.51. The lowest BCUT2D eigenvalue weighted by Gasteiger charge is -2.34. The Bertz CT molecular complexity index is 891. The number of benzene rings is 1. The second-order valence-corrected chi connectivity index (χ2v) is 7.91.